The van der Waals surface area contributed by atoms with Crippen molar-refractivity contribution < 1.29 is 19.0 Å². The van der Waals surface area contributed by atoms with Crippen molar-refractivity contribution in [2.45, 2.75) is 19.6 Å². The second-order valence-corrected chi connectivity index (χ2v) is 4.47. The van der Waals surface area contributed by atoms with Gasteiger partial charge in [-0.2, -0.15) is 0 Å². The van der Waals surface area contributed by atoms with Crippen LogP contribution >= 0.6 is 0 Å². The molecule has 2 aromatic carbocycles. The molecule has 0 radical (unpaired) electrons. The number of rotatable bonds is 5. The van der Waals surface area contributed by atoms with Gasteiger partial charge in [-0.25, -0.2) is 4.39 Å². The van der Waals surface area contributed by atoms with Crippen LogP contribution < -0.4 is 9.47 Å². The Hall–Kier alpha value is -2.07. The van der Waals surface area contributed by atoms with Crippen LogP contribution in [-0.2, 0) is 6.61 Å². The Bertz CT molecular complexity index is 582. The van der Waals surface area contributed by atoms with Crippen molar-refractivity contribution in [2.24, 2.45) is 0 Å². The first-order valence-electron chi connectivity index (χ1n) is 6.34. The summed E-state index contributed by atoms with van der Waals surface area (Å²) in [7, 11) is 1.43. The Kier molecular flexibility index (Phi) is 4.58. The van der Waals surface area contributed by atoms with Crippen LogP contribution in [0.1, 0.15) is 24.2 Å². The number of benzene rings is 2. The van der Waals surface area contributed by atoms with E-state index in [1.165, 1.54) is 7.11 Å². The molecule has 1 N–H and O–H groups in total. The Morgan fingerprint density at radius 3 is 2.65 bits per heavy atom. The second kappa shape index (κ2) is 6.39. The van der Waals surface area contributed by atoms with E-state index >= 15 is 0 Å². The van der Waals surface area contributed by atoms with Crippen LogP contribution in [0.15, 0.2) is 42.5 Å². The van der Waals surface area contributed by atoms with Crippen LogP contribution in [0.2, 0.25) is 0 Å². The molecule has 3 nitrogen and oxygen atoms in total. The molecule has 0 fully saturated rings. The average Bonchev–Trinajstić information content (AvgIpc) is 2.46. The number of aliphatic hydroxyl groups excluding tert-OH is 1. The highest BCUT2D eigenvalue weighted by molar-refractivity contribution is 5.32. The van der Waals surface area contributed by atoms with E-state index in [1.807, 2.05) is 6.07 Å². The molecule has 4 heteroatoms. The lowest BCUT2D eigenvalue weighted by Gasteiger charge is -2.11. The van der Waals surface area contributed by atoms with E-state index in [0.717, 1.165) is 5.56 Å². The molecule has 0 aromatic heterocycles. The molecule has 0 heterocycles. The summed E-state index contributed by atoms with van der Waals surface area (Å²) in [5, 5.41) is 9.51. The first-order valence-corrected chi connectivity index (χ1v) is 6.34. The second-order valence-electron chi connectivity index (χ2n) is 4.47. The van der Waals surface area contributed by atoms with Gasteiger partial charge in [-0.1, -0.05) is 24.3 Å². The lowest BCUT2D eigenvalue weighted by Crippen LogP contribution is -2.01. The van der Waals surface area contributed by atoms with Crippen LogP contribution in [0, 0.1) is 5.82 Å². The zero-order valence-electron chi connectivity index (χ0n) is 11.5. The summed E-state index contributed by atoms with van der Waals surface area (Å²) in [5.41, 5.74) is 1.18. The first kappa shape index (κ1) is 14.3. The molecule has 0 bridgehead atoms. The molecule has 0 aliphatic heterocycles. The molecular formula is C16H17FO3. The Labute approximate surface area is 117 Å². The van der Waals surface area contributed by atoms with Gasteiger partial charge in [0.15, 0.2) is 11.6 Å². The molecule has 0 spiro atoms. The summed E-state index contributed by atoms with van der Waals surface area (Å²) in [6.07, 6.45) is -0.563. The van der Waals surface area contributed by atoms with Gasteiger partial charge in [-0.05, 0) is 30.7 Å². The molecule has 106 valence electrons. The molecule has 20 heavy (non-hydrogen) atoms. The van der Waals surface area contributed by atoms with Crippen molar-refractivity contribution in [3.8, 4) is 11.5 Å². The molecule has 0 aliphatic rings. The van der Waals surface area contributed by atoms with Gasteiger partial charge in [-0.15, -0.1) is 0 Å². The Balaban J connectivity index is 2.11. The summed E-state index contributed by atoms with van der Waals surface area (Å²) >= 11 is 0. The third-order valence-corrected chi connectivity index (χ3v) is 3.00. The van der Waals surface area contributed by atoms with Crippen LogP contribution in [0.5, 0.6) is 11.5 Å². The highest BCUT2D eigenvalue weighted by atomic mass is 19.1. The van der Waals surface area contributed by atoms with Crippen molar-refractivity contribution >= 4 is 0 Å². The minimum Gasteiger partial charge on any atom is -0.494 e. The van der Waals surface area contributed by atoms with E-state index in [2.05, 4.69) is 0 Å². The number of aliphatic hydroxyl groups is 1. The molecule has 0 amide bonds. The number of hydrogen-bond donors (Lipinski definition) is 1. The van der Waals surface area contributed by atoms with E-state index in [-0.39, 0.29) is 12.4 Å². The van der Waals surface area contributed by atoms with E-state index in [1.54, 1.807) is 43.3 Å². The maximum atomic E-state index is 13.9. The van der Waals surface area contributed by atoms with Crippen molar-refractivity contribution in [1.29, 1.82) is 0 Å². The lowest BCUT2D eigenvalue weighted by molar-refractivity contribution is 0.198. The average molecular weight is 276 g/mol. The molecule has 0 saturated heterocycles. The minimum atomic E-state index is -0.563. The van der Waals surface area contributed by atoms with E-state index < -0.39 is 11.9 Å². The normalized spacial score (nSPS) is 12.0. The number of hydrogen-bond acceptors (Lipinski definition) is 3. The molecule has 1 atom stereocenters. The lowest BCUT2D eigenvalue weighted by atomic mass is 10.1. The SMILES string of the molecule is COc1cccc(COc2cccc([C@@H](C)O)c2)c1F. The number of halogens is 1. The van der Waals surface area contributed by atoms with Gasteiger partial charge in [0.1, 0.15) is 12.4 Å². The highest BCUT2D eigenvalue weighted by Gasteiger charge is 2.09. The molecule has 2 aromatic rings. The van der Waals surface area contributed by atoms with Gasteiger partial charge in [0.2, 0.25) is 0 Å². The van der Waals surface area contributed by atoms with Crippen LogP contribution in [-0.4, -0.2) is 12.2 Å². The summed E-state index contributed by atoms with van der Waals surface area (Å²) in [6, 6.07) is 12.0. The predicted octanol–water partition coefficient (Wildman–Crippen LogP) is 3.47. The summed E-state index contributed by atoms with van der Waals surface area (Å²) in [6.45, 7) is 1.78. The van der Waals surface area contributed by atoms with Crippen molar-refractivity contribution in [2.75, 3.05) is 7.11 Å². The topological polar surface area (TPSA) is 38.7 Å². The Morgan fingerprint density at radius 1 is 1.20 bits per heavy atom. The fraction of sp³-hybridized carbons (Fsp3) is 0.250. The zero-order valence-corrected chi connectivity index (χ0v) is 11.5. The summed E-state index contributed by atoms with van der Waals surface area (Å²) in [5.74, 6) is 0.371. The van der Waals surface area contributed by atoms with Gasteiger partial charge in [0, 0.05) is 5.56 Å². The van der Waals surface area contributed by atoms with Gasteiger partial charge in [0.05, 0.1) is 13.2 Å². The third-order valence-electron chi connectivity index (χ3n) is 3.00. The number of methoxy groups -OCH3 is 1. The quantitative estimate of drug-likeness (QED) is 0.908. The van der Waals surface area contributed by atoms with Gasteiger partial charge in [0.25, 0.3) is 0 Å². The number of ether oxygens (including phenoxy) is 2. The molecule has 0 aliphatic carbocycles. The molecule has 2 rings (SSSR count). The van der Waals surface area contributed by atoms with Crippen LogP contribution in [0.4, 0.5) is 4.39 Å². The van der Waals surface area contributed by atoms with Gasteiger partial charge < -0.3 is 14.6 Å². The summed E-state index contributed by atoms with van der Waals surface area (Å²) in [4.78, 5) is 0. The predicted molar refractivity (Wildman–Crippen MR) is 74.4 cm³/mol. The van der Waals surface area contributed by atoms with Crippen molar-refractivity contribution in [3.63, 3.8) is 0 Å². The highest BCUT2D eigenvalue weighted by Crippen LogP contribution is 2.23. The first-order chi connectivity index (χ1) is 9.61. The minimum absolute atomic E-state index is 0.103. The van der Waals surface area contributed by atoms with Crippen molar-refractivity contribution in [1.82, 2.24) is 0 Å². The zero-order chi connectivity index (χ0) is 14.5. The summed E-state index contributed by atoms with van der Waals surface area (Å²) < 4.78 is 24.4. The van der Waals surface area contributed by atoms with Gasteiger partial charge in [-0.3, -0.25) is 0 Å². The largest absolute Gasteiger partial charge is 0.494 e. The van der Waals surface area contributed by atoms with Gasteiger partial charge >= 0.3 is 0 Å². The fourth-order valence-electron chi connectivity index (χ4n) is 1.85. The fourth-order valence-corrected chi connectivity index (χ4v) is 1.85. The molecule has 0 saturated carbocycles. The van der Waals surface area contributed by atoms with Crippen LogP contribution in [0.25, 0.3) is 0 Å². The standard InChI is InChI=1S/C16H17FO3/c1-11(18)12-5-3-7-14(9-12)20-10-13-6-4-8-15(19-2)16(13)17/h3-9,11,18H,10H2,1-2H3/t11-/m1/s1. The maximum absolute atomic E-state index is 13.9. The maximum Gasteiger partial charge on any atom is 0.171 e. The Morgan fingerprint density at radius 2 is 1.95 bits per heavy atom. The molecule has 0 unspecified atom stereocenters. The molecular weight excluding hydrogens is 259 g/mol. The van der Waals surface area contributed by atoms with Crippen molar-refractivity contribution in [3.05, 3.63) is 59.4 Å². The monoisotopic (exact) mass is 276 g/mol. The van der Waals surface area contributed by atoms with Crippen LogP contribution in [0.3, 0.4) is 0 Å². The smallest absolute Gasteiger partial charge is 0.171 e. The third kappa shape index (κ3) is 3.27. The van der Waals surface area contributed by atoms with E-state index in [0.29, 0.717) is 11.3 Å². The van der Waals surface area contributed by atoms with E-state index in [4.69, 9.17) is 9.47 Å². The van der Waals surface area contributed by atoms with E-state index in [9.17, 15) is 9.50 Å².